The summed E-state index contributed by atoms with van der Waals surface area (Å²) in [5.41, 5.74) is 0.747. The van der Waals surface area contributed by atoms with Crippen LogP contribution in [0, 0.1) is 5.82 Å². The van der Waals surface area contributed by atoms with Crippen molar-refractivity contribution < 1.29 is 19.0 Å². The summed E-state index contributed by atoms with van der Waals surface area (Å²) in [5.74, 6) is -1.33. The molecule has 1 aromatic carbocycles. The number of hydrogen-bond acceptors (Lipinski definition) is 2. The Balaban J connectivity index is 2.65. The Labute approximate surface area is 87.5 Å². The average molecular weight is 212 g/mol. The van der Waals surface area contributed by atoms with Crippen LogP contribution < -0.4 is 0 Å². The maximum Gasteiger partial charge on any atom is 0.333 e. The lowest BCUT2D eigenvalue weighted by Gasteiger charge is -2.11. The van der Waals surface area contributed by atoms with E-state index in [1.54, 1.807) is 19.1 Å². The maximum absolute atomic E-state index is 12.6. The fourth-order valence-corrected chi connectivity index (χ4v) is 1.25. The lowest BCUT2D eigenvalue weighted by Crippen LogP contribution is -2.26. The number of ether oxygens (including phenoxy) is 1. The third-order valence-electron chi connectivity index (χ3n) is 1.98. The first-order valence-corrected chi connectivity index (χ1v) is 4.72. The summed E-state index contributed by atoms with van der Waals surface area (Å²) in [6, 6.07) is 5.73. The van der Waals surface area contributed by atoms with Crippen molar-refractivity contribution >= 4 is 5.97 Å². The first-order valence-electron chi connectivity index (χ1n) is 4.72. The predicted octanol–water partition coefficient (Wildman–Crippen LogP) is 1.86. The molecule has 1 aromatic rings. The molecule has 0 unspecified atom stereocenters. The van der Waals surface area contributed by atoms with Crippen molar-refractivity contribution in [3.05, 3.63) is 35.6 Å². The highest BCUT2D eigenvalue weighted by atomic mass is 19.1. The van der Waals surface area contributed by atoms with Crippen LogP contribution in [0.4, 0.5) is 4.39 Å². The summed E-state index contributed by atoms with van der Waals surface area (Å²) in [6.07, 6.45) is -0.607. The Morgan fingerprint density at radius 2 is 2.07 bits per heavy atom. The molecule has 1 N–H and O–H groups in total. The van der Waals surface area contributed by atoms with Crippen LogP contribution >= 0.6 is 0 Å². The Hall–Kier alpha value is -1.42. The quantitative estimate of drug-likeness (QED) is 0.810. The van der Waals surface area contributed by atoms with Gasteiger partial charge in [0.25, 0.3) is 0 Å². The molecule has 1 atom stereocenters. The zero-order valence-corrected chi connectivity index (χ0v) is 8.44. The van der Waals surface area contributed by atoms with E-state index >= 15 is 0 Å². The lowest BCUT2D eigenvalue weighted by molar-refractivity contribution is -0.149. The van der Waals surface area contributed by atoms with Crippen LogP contribution in [0.15, 0.2) is 24.3 Å². The second-order valence-corrected chi connectivity index (χ2v) is 3.11. The highest BCUT2D eigenvalue weighted by molar-refractivity contribution is 5.72. The summed E-state index contributed by atoms with van der Waals surface area (Å²) in [5, 5.41) is 8.82. The van der Waals surface area contributed by atoms with E-state index in [4.69, 9.17) is 9.84 Å². The van der Waals surface area contributed by atoms with E-state index in [0.717, 1.165) is 5.56 Å². The van der Waals surface area contributed by atoms with Gasteiger partial charge in [0.15, 0.2) is 6.10 Å². The number of halogens is 1. The Morgan fingerprint density at radius 3 is 2.53 bits per heavy atom. The van der Waals surface area contributed by atoms with Gasteiger partial charge in [-0.05, 0) is 24.6 Å². The lowest BCUT2D eigenvalue weighted by atomic mass is 10.1. The summed E-state index contributed by atoms with van der Waals surface area (Å²) < 4.78 is 17.6. The predicted molar refractivity (Wildman–Crippen MR) is 53.2 cm³/mol. The number of rotatable bonds is 5. The SMILES string of the molecule is CCO[C@H](Cc1ccc(F)cc1)C(=O)O. The molecule has 0 bridgehead atoms. The van der Waals surface area contributed by atoms with E-state index in [0.29, 0.717) is 6.61 Å². The minimum absolute atomic E-state index is 0.253. The summed E-state index contributed by atoms with van der Waals surface area (Å²) in [4.78, 5) is 10.8. The Bertz CT molecular complexity index is 321. The summed E-state index contributed by atoms with van der Waals surface area (Å²) in [7, 11) is 0. The van der Waals surface area contributed by atoms with Crippen molar-refractivity contribution in [2.75, 3.05) is 6.61 Å². The van der Waals surface area contributed by atoms with E-state index in [1.807, 2.05) is 0 Å². The molecule has 0 radical (unpaired) electrons. The number of carboxylic acid groups (broad SMARTS) is 1. The molecular weight excluding hydrogens is 199 g/mol. The third-order valence-corrected chi connectivity index (χ3v) is 1.98. The number of carbonyl (C=O) groups is 1. The second-order valence-electron chi connectivity index (χ2n) is 3.11. The Morgan fingerprint density at radius 1 is 1.47 bits per heavy atom. The van der Waals surface area contributed by atoms with Gasteiger partial charge in [-0.25, -0.2) is 9.18 Å². The van der Waals surface area contributed by atoms with Crippen molar-refractivity contribution in [1.82, 2.24) is 0 Å². The zero-order valence-electron chi connectivity index (χ0n) is 8.44. The van der Waals surface area contributed by atoms with Gasteiger partial charge in [0.1, 0.15) is 5.82 Å². The summed E-state index contributed by atoms with van der Waals surface area (Å²) >= 11 is 0. The van der Waals surface area contributed by atoms with Crippen molar-refractivity contribution in [1.29, 1.82) is 0 Å². The smallest absolute Gasteiger partial charge is 0.333 e. The van der Waals surface area contributed by atoms with Crippen molar-refractivity contribution in [2.45, 2.75) is 19.4 Å². The zero-order chi connectivity index (χ0) is 11.3. The van der Waals surface area contributed by atoms with E-state index < -0.39 is 12.1 Å². The fraction of sp³-hybridized carbons (Fsp3) is 0.364. The van der Waals surface area contributed by atoms with Crippen molar-refractivity contribution in [2.24, 2.45) is 0 Å². The monoisotopic (exact) mass is 212 g/mol. The topological polar surface area (TPSA) is 46.5 Å². The van der Waals surface area contributed by atoms with Crippen LogP contribution in [-0.2, 0) is 16.0 Å². The van der Waals surface area contributed by atoms with Crippen LogP contribution in [0.5, 0.6) is 0 Å². The molecule has 0 aliphatic rings. The molecule has 15 heavy (non-hydrogen) atoms. The first kappa shape index (κ1) is 11.7. The molecule has 0 spiro atoms. The maximum atomic E-state index is 12.6. The molecule has 0 aliphatic carbocycles. The standard InChI is InChI=1S/C11H13FO3/c1-2-15-10(11(13)14)7-8-3-5-9(12)6-4-8/h3-6,10H,2,7H2,1H3,(H,13,14)/t10-/m1/s1. The number of hydrogen-bond donors (Lipinski definition) is 1. The van der Waals surface area contributed by atoms with Gasteiger partial charge in [-0.1, -0.05) is 12.1 Å². The minimum Gasteiger partial charge on any atom is -0.479 e. The van der Waals surface area contributed by atoms with Crippen LogP contribution in [0.2, 0.25) is 0 Å². The van der Waals surface area contributed by atoms with Crippen LogP contribution in [0.25, 0.3) is 0 Å². The molecular formula is C11H13FO3. The molecule has 1 rings (SSSR count). The largest absolute Gasteiger partial charge is 0.479 e. The molecule has 4 heteroatoms. The summed E-state index contributed by atoms with van der Waals surface area (Å²) in [6.45, 7) is 2.08. The van der Waals surface area contributed by atoms with E-state index in [9.17, 15) is 9.18 Å². The van der Waals surface area contributed by atoms with Crippen LogP contribution in [-0.4, -0.2) is 23.8 Å². The molecule has 0 aromatic heterocycles. The van der Waals surface area contributed by atoms with Gasteiger partial charge in [-0.3, -0.25) is 0 Å². The van der Waals surface area contributed by atoms with Crippen LogP contribution in [0.3, 0.4) is 0 Å². The van der Waals surface area contributed by atoms with Gasteiger partial charge < -0.3 is 9.84 Å². The number of benzene rings is 1. The minimum atomic E-state index is -0.999. The molecule has 82 valence electrons. The average Bonchev–Trinajstić information content (AvgIpc) is 2.20. The first-order chi connectivity index (χ1) is 7.13. The number of carboxylic acids is 1. The van der Waals surface area contributed by atoms with E-state index in [2.05, 4.69) is 0 Å². The van der Waals surface area contributed by atoms with Crippen LogP contribution in [0.1, 0.15) is 12.5 Å². The van der Waals surface area contributed by atoms with Crippen molar-refractivity contribution in [3.63, 3.8) is 0 Å². The third kappa shape index (κ3) is 3.67. The molecule has 0 amide bonds. The van der Waals surface area contributed by atoms with E-state index in [-0.39, 0.29) is 12.2 Å². The molecule has 0 aliphatic heterocycles. The molecule has 0 heterocycles. The van der Waals surface area contributed by atoms with Gasteiger partial charge in [-0.2, -0.15) is 0 Å². The normalized spacial score (nSPS) is 12.4. The number of aliphatic carboxylic acids is 1. The fourth-order valence-electron chi connectivity index (χ4n) is 1.25. The highest BCUT2D eigenvalue weighted by Crippen LogP contribution is 2.08. The highest BCUT2D eigenvalue weighted by Gasteiger charge is 2.17. The Kier molecular flexibility index (Phi) is 4.24. The van der Waals surface area contributed by atoms with Gasteiger partial charge >= 0.3 is 5.97 Å². The molecule has 3 nitrogen and oxygen atoms in total. The molecule has 0 saturated carbocycles. The second kappa shape index (κ2) is 5.46. The van der Waals surface area contributed by atoms with E-state index in [1.165, 1.54) is 12.1 Å². The molecule has 0 saturated heterocycles. The van der Waals surface area contributed by atoms with Crippen molar-refractivity contribution in [3.8, 4) is 0 Å². The van der Waals surface area contributed by atoms with Gasteiger partial charge in [-0.15, -0.1) is 0 Å². The van der Waals surface area contributed by atoms with Gasteiger partial charge in [0, 0.05) is 13.0 Å². The molecule has 0 fully saturated rings. The van der Waals surface area contributed by atoms with Gasteiger partial charge in [0.2, 0.25) is 0 Å². The van der Waals surface area contributed by atoms with Gasteiger partial charge in [0.05, 0.1) is 0 Å².